The number of nitrogens with one attached hydrogen (secondary N) is 1. The fraction of sp³-hybridized carbons (Fsp3) is 0.438. The Morgan fingerprint density at radius 2 is 2.09 bits per heavy atom. The molecule has 1 aliphatic carbocycles. The van der Waals surface area contributed by atoms with Gasteiger partial charge in [-0.2, -0.15) is 0 Å². The molecule has 114 valence electrons. The van der Waals surface area contributed by atoms with Crippen molar-refractivity contribution < 1.29 is 9.53 Å². The fourth-order valence-electron chi connectivity index (χ4n) is 2.58. The number of hydrogen-bond donors (Lipinski definition) is 1. The molecule has 1 aromatic heterocycles. The van der Waals surface area contributed by atoms with E-state index in [4.69, 9.17) is 4.74 Å². The molecule has 5 nitrogen and oxygen atoms in total. The van der Waals surface area contributed by atoms with E-state index in [1.165, 1.54) is 24.6 Å². The number of benzene rings is 1. The minimum atomic E-state index is -0.204. The number of esters is 1. The Morgan fingerprint density at radius 1 is 1.27 bits per heavy atom. The standard InChI is InChI=1S/C16H17N3O2S/c1-9-8-13(15(20)21-9)22-16-18-12-5-3-2-4-11(12)14(19-16)17-10-6-7-10/h2-5,9-10,13H,6-8H2,1H3,(H,17,18,19)/t9-,13-/m0/s1. The molecule has 0 spiro atoms. The maximum atomic E-state index is 11.8. The third-order valence-corrected chi connectivity index (χ3v) is 4.94. The van der Waals surface area contributed by atoms with Crippen molar-refractivity contribution in [3.8, 4) is 0 Å². The number of thioether (sulfide) groups is 1. The van der Waals surface area contributed by atoms with Gasteiger partial charge in [0.05, 0.1) is 5.52 Å². The molecule has 4 rings (SSSR count). The molecule has 6 heteroatoms. The highest BCUT2D eigenvalue weighted by Crippen LogP contribution is 2.34. The van der Waals surface area contributed by atoms with Crippen molar-refractivity contribution in [3.05, 3.63) is 24.3 Å². The van der Waals surface area contributed by atoms with Crippen LogP contribution in [0.4, 0.5) is 5.82 Å². The number of hydrogen-bond acceptors (Lipinski definition) is 6. The minimum Gasteiger partial charge on any atom is -0.462 e. The Morgan fingerprint density at radius 3 is 2.82 bits per heavy atom. The summed E-state index contributed by atoms with van der Waals surface area (Å²) in [6, 6.07) is 8.49. The summed E-state index contributed by atoms with van der Waals surface area (Å²) in [7, 11) is 0. The van der Waals surface area contributed by atoms with E-state index in [-0.39, 0.29) is 17.3 Å². The summed E-state index contributed by atoms with van der Waals surface area (Å²) < 4.78 is 5.21. The van der Waals surface area contributed by atoms with Gasteiger partial charge < -0.3 is 10.1 Å². The molecule has 22 heavy (non-hydrogen) atoms. The van der Waals surface area contributed by atoms with Crippen LogP contribution in [0.15, 0.2) is 29.4 Å². The average Bonchev–Trinajstić information content (AvgIpc) is 3.25. The second-order valence-electron chi connectivity index (χ2n) is 5.88. The summed E-state index contributed by atoms with van der Waals surface area (Å²) in [4.78, 5) is 21.0. The summed E-state index contributed by atoms with van der Waals surface area (Å²) in [5.41, 5.74) is 0.905. The van der Waals surface area contributed by atoms with E-state index in [0.29, 0.717) is 17.6 Å². The molecule has 2 fully saturated rings. The molecule has 2 aromatic rings. The number of ether oxygens (including phenoxy) is 1. The van der Waals surface area contributed by atoms with Crippen LogP contribution in [0, 0.1) is 0 Å². The fourth-order valence-corrected chi connectivity index (χ4v) is 3.65. The first-order chi connectivity index (χ1) is 10.7. The molecule has 0 unspecified atom stereocenters. The molecule has 1 aromatic carbocycles. The van der Waals surface area contributed by atoms with E-state index in [0.717, 1.165) is 16.7 Å². The van der Waals surface area contributed by atoms with Crippen LogP contribution < -0.4 is 5.32 Å². The van der Waals surface area contributed by atoms with Gasteiger partial charge in [0.2, 0.25) is 0 Å². The summed E-state index contributed by atoms with van der Waals surface area (Å²) in [5, 5.41) is 4.93. The lowest BCUT2D eigenvalue weighted by Gasteiger charge is -2.11. The van der Waals surface area contributed by atoms with Crippen LogP contribution in [0.3, 0.4) is 0 Å². The smallest absolute Gasteiger partial charge is 0.319 e. The quantitative estimate of drug-likeness (QED) is 0.691. The van der Waals surface area contributed by atoms with Crippen LogP contribution >= 0.6 is 11.8 Å². The van der Waals surface area contributed by atoms with Crippen molar-refractivity contribution in [3.63, 3.8) is 0 Å². The first-order valence-corrected chi connectivity index (χ1v) is 8.47. The van der Waals surface area contributed by atoms with Gasteiger partial charge in [-0.05, 0) is 31.9 Å². The van der Waals surface area contributed by atoms with E-state index >= 15 is 0 Å². The zero-order chi connectivity index (χ0) is 15.1. The van der Waals surface area contributed by atoms with Crippen LogP contribution in [-0.2, 0) is 9.53 Å². The number of fused-ring (bicyclic) bond motifs is 1. The number of carbonyl (C=O) groups excluding carboxylic acids is 1. The van der Waals surface area contributed by atoms with E-state index in [9.17, 15) is 4.79 Å². The predicted octanol–water partition coefficient (Wildman–Crippen LogP) is 3.00. The zero-order valence-corrected chi connectivity index (χ0v) is 13.1. The Labute approximate surface area is 132 Å². The van der Waals surface area contributed by atoms with Crippen molar-refractivity contribution in [1.29, 1.82) is 0 Å². The molecular formula is C16H17N3O2S. The van der Waals surface area contributed by atoms with Crippen molar-refractivity contribution in [2.75, 3.05) is 5.32 Å². The molecule has 0 amide bonds. The van der Waals surface area contributed by atoms with Crippen molar-refractivity contribution in [2.45, 2.75) is 48.7 Å². The Bertz CT molecular complexity index is 732. The molecule has 0 radical (unpaired) electrons. The Balaban J connectivity index is 1.66. The lowest BCUT2D eigenvalue weighted by Crippen LogP contribution is -2.11. The van der Waals surface area contributed by atoms with Gasteiger partial charge >= 0.3 is 5.97 Å². The molecule has 1 saturated heterocycles. The molecule has 1 saturated carbocycles. The lowest BCUT2D eigenvalue weighted by molar-refractivity contribution is -0.140. The molecule has 0 bridgehead atoms. The first kappa shape index (κ1) is 13.8. The number of rotatable bonds is 4. The number of cyclic esters (lactones) is 1. The molecule has 1 N–H and O–H groups in total. The summed E-state index contributed by atoms with van der Waals surface area (Å²) in [5.74, 6) is 0.709. The van der Waals surface area contributed by atoms with Crippen molar-refractivity contribution in [2.24, 2.45) is 0 Å². The summed E-state index contributed by atoms with van der Waals surface area (Å²) >= 11 is 1.40. The largest absolute Gasteiger partial charge is 0.462 e. The third kappa shape index (κ3) is 2.75. The molecule has 1 aliphatic heterocycles. The highest BCUT2D eigenvalue weighted by Gasteiger charge is 2.33. The van der Waals surface area contributed by atoms with Crippen LogP contribution in [-0.4, -0.2) is 33.3 Å². The van der Waals surface area contributed by atoms with E-state index in [1.54, 1.807) is 0 Å². The average molecular weight is 315 g/mol. The normalized spacial score (nSPS) is 24.5. The predicted molar refractivity (Wildman–Crippen MR) is 86.0 cm³/mol. The first-order valence-electron chi connectivity index (χ1n) is 7.59. The molecular weight excluding hydrogens is 298 g/mol. The minimum absolute atomic E-state index is 0.0190. The maximum absolute atomic E-state index is 11.8. The van der Waals surface area contributed by atoms with Gasteiger partial charge in [-0.15, -0.1) is 0 Å². The third-order valence-electron chi connectivity index (χ3n) is 3.87. The maximum Gasteiger partial charge on any atom is 0.319 e. The number of anilines is 1. The number of carbonyl (C=O) groups is 1. The van der Waals surface area contributed by atoms with Crippen molar-refractivity contribution >= 4 is 34.5 Å². The van der Waals surface area contributed by atoms with Gasteiger partial charge in [-0.25, -0.2) is 9.97 Å². The van der Waals surface area contributed by atoms with Gasteiger partial charge in [-0.1, -0.05) is 23.9 Å². The van der Waals surface area contributed by atoms with Gasteiger partial charge in [0.25, 0.3) is 0 Å². The molecule has 2 atom stereocenters. The lowest BCUT2D eigenvalue weighted by atomic mass is 10.2. The van der Waals surface area contributed by atoms with Crippen LogP contribution in [0.5, 0.6) is 0 Å². The van der Waals surface area contributed by atoms with E-state index in [1.807, 2.05) is 31.2 Å². The van der Waals surface area contributed by atoms with Crippen LogP contribution in [0.1, 0.15) is 26.2 Å². The summed E-state index contributed by atoms with van der Waals surface area (Å²) in [6.07, 6.45) is 3.07. The Kier molecular flexibility index (Phi) is 3.41. The van der Waals surface area contributed by atoms with Gasteiger partial charge in [0.15, 0.2) is 5.16 Å². The van der Waals surface area contributed by atoms with Gasteiger partial charge in [0.1, 0.15) is 17.2 Å². The second-order valence-corrected chi connectivity index (χ2v) is 7.05. The number of aromatic nitrogens is 2. The van der Waals surface area contributed by atoms with Gasteiger partial charge in [0, 0.05) is 17.8 Å². The number of nitrogens with zero attached hydrogens (tertiary/aromatic N) is 2. The zero-order valence-electron chi connectivity index (χ0n) is 12.3. The monoisotopic (exact) mass is 315 g/mol. The van der Waals surface area contributed by atoms with E-state index in [2.05, 4.69) is 15.3 Å². The van der Waals surface area contributed by atoms with E-state index < -0.39 is 0 Å². The highest BCUT2D eigenvalue weighted by atomic mass is 32.2. The topological polar surface area (TPSA) is 64.1 Å². The van der Waals surface area contributed by atoms with Crippen LogP contribution in [0.25, 0.3) is 10.9 Å². The Hall–Kier alpha value is -1.82. The highest BCUT2D eigenvalue weighted by molar-refractivity contribution is 8.00. The molecule has 2 aliphatic rings. The summed E-state index contributed by atoms with van der Waals surface area (Å²) in [6.45, 7) is 1.92. The van der Waals surface area contributed by atoms with Crippen LogP contribution in [0.2, 0.25) is 0 Å². The van der Waals surface area contributed by atoms with Crippen molar-refractivity contribution in [1.82, 2.24) is 9.97 Å². The van der Waals surface area contributed by atoms with Gasteiger partial charge in [-0.3, -0.25) is 4.79 Å². The second kappa shape index (κ2) is 5.43. The number of para-hydroxylation sites is 1. The SMILES string of the molecule is C[C@H]1C[C@H](Sc2nc(NC3CC3)c3ccccc3n2)C(=O)O1. The molecule has 2 heterocycles.